The van der Waals surface area contributed by atoms with Gasteiger partial charge in [0.15, 0.2) is 0 Å². The smallest absolute Gasteiger partial charge is 0.123 e. The Kier molecular flexibility index (Phi) is 4.04. The molecular formula is C20H15FN4. The van der Waals surface area contributed by atoms with Gasteiger partial charge in [-0.15, -0.1) is 0 Å². The van der Waals surface area contributed by atoms with Crippen LogP contribution >= 0.6 is 0 Å². The summed E-state index contributed by atoms with van der Waals surface area (Å²) in [5, 5.41) is 4.73. The van der Waals surface area contributed by atoms with Gasteiger partial charge in [0.2, 0.25) is 0 Å². The molecule has 0 unspecified atom stereocenters. The maximum atomic E-state index is 13.3. The maximum Gasteiger partial charge on any atom is 0.123 e. The molecule has 4 nitrogen and oxygen atoms in total. The zero-order valence-electron chi connectivity index (χ0n) is 13.4. The standard InChI is InChI=1S/C20H15FN4/c21-18-5-3-17(4-6-18)20-19(16-7-10-22-11-8-16)14-25(24-20)13-15-2-1-9-23-12-15/h1-12,14H,13H2. The Labute approximate surface area is 144 Å². The van der Waals surface area contributed by atoms with Crippen LogP contribution in [0.25, 0.3) is 22.4 Å². The van der Waals surface area contributed by atoms with E-state index in [1.165, 1.54) is 12.1 Å². The fourth-order valence-electron chi connectivity index (χ4n) is 2.74. The van der Waals surface area contributed by atoms with Gasteiger partial charge in [-0.05, 0) is 53.6 Å². The first-order chi connectivity index (χ1) is 12.3. The molecule has 0 N–H and O–H groups in total. The average molecular weight is 330 g/mol. The summed E-state index contributed by atoms with van der Waals surface area (Å²) in [6.45, 7) is 0.618. The van der Waals surface area contributed by atoms with Crippen LogP contribution in [0.4, 0.5) is 4.39 Å². The Bertz CT molecular complexity index is 964. The minimum atomic E-state index is -0.260. The molecular weight excluding hydrogens is 315 g/mol. The summed E-state index contributed by atoms with van der Waals surface area (Å²) in [4.78, 5) is 8.22. The minimum Gasteiger partial charge on any atom is -0.267 e. The summed E-state index contributed by atoms with van der Waals surface area (Å²) in [5.41, 5.74) is 4.76. The van der Waals surface area contributed by atoms with E-state index in [4.69, 9.17) is 5.10 Å². The summed E-state index contributed by atoms with van der Waals surface area (Å²) in [6.07, 6.45) is 9.08. The molecule has 4 rings (SSSR count). The molecule has 0 aliphatic heterocycles. The van der Waals surface area contributed by atoms with Crippen molar-refractivity contribution in [2.24, 2.45) is 0 Å². The molecule has 0 fully saturated rings. The van der Waals surface area contributed by atoms with E-state index in [9.17, 15) is 4.39 Å². The molecule has 1 aromatic carbocycles. The van der Waals surface area contributed by atoms with Crippen molar-refractivity contribution < 1.29 is 4.39 Å². The van der Waals surface area contributed by atoms with Crippen molar-refractivity contribution in [2.75, 3.05) is 0 Å². The molecule has 0 saturated heterocycles. The Hall–Kier alpha value is -3.34. The minimum absolute atomic E-state index is 0.260. The van der Waals surface area contributed by atoms with Gasteiger partial charge in [0.05, 0.1) is 6.54 Å². The lowest BCUT2D eigenvalue weighted by Crippen LogP contribution is -2.00. The highest BCUT2D eigenvalue weighted by Crippen LogP contribution is 2.31. The molecule has 3 aromatic heterocycles. The molecule has 25 heavy (non-hydrogen) atoms. The van der Waals surface area contributed by atoms with Crippen LogP contribution in [-0.2, 0) is 6.54 Å². The molecule has 122 valence electrons. The van der Waals surface area contributed by atoms with E-state index in [-0.39, 0.29) is 5.82 Å². The monoisotopic (exact) mass is 330 g/mol. The van der Waals surface area contributed by atoms with Crippen molar-refractivity contribution in [3.63, 3.8) is 0 Å². The fourth-order valence-corrected chi connectivity index (χ4v) is 2.74. The van der Waals surface area contributed by atoms with Crippen molar-refractivity contribution in [1.29, 1.82) is 0 Å². The molecule has 3 heterocycles. The van der Waals surface area contributed by atoms with Crippen molar-refractivity contribution in [3.05, 3.63) is 90.9 Å². The van der Waals surface area contributed by atoms with Gasteiger partial charge < -0.3 is 0 Å². The van der Waals surface area contributed by atoms with Gasteiger partial charge >= 0.3 is 0 Å². The van der Waals surface area contributed by atoms with E-state index in [0.717, 1.165) is 27.9 Å². The highest BCUT2D eigenvalue weighted by Gasteiger charge is 2.13. The summed E-state index contributed by atoms with van der Waals surface area (Å²) in [6, 6.07) is 14.2. The lowest BCUT2D eigenvalue weighted by atomic mass is 10.0. The number of hydrogen-bond donors (Lipinski definition) is 0. The molecule has 0 radical (unpaired) electrons. The van der Waals surface area contributed by atoms with Gasteiger partial charge in [0, 0.05) is 42.1 Å². The third kappa shape index (κ3) is 3.30. The molecule has 0 saturated carbocycles. The van der Waals surface area contributed by atoms with E-state index in [0.29, 0.717) is 6.54 Å². The predicted molar refractivity (Wildman–Crippen MR) is 94.2 cm³/mol. The lowest BCUT2D eigenvalue weighted by molar-refractivity contribution is 0.628. The molecule has 0 aliphatic carbocycles. The van der Waals surface area contributed by atoms with Gasteiger partial charge in [-0.1, -0.05) is 6.07 Å². The molecule has 0 atom stereocenters. The molecule has 0 spiro atoms. The van der Waals surface area contributed by atoms with Crippen LogP contribution in [0.5, 0.6) is 0 Å². The lowest BCUT2D eigenvalue weighted by Gasteiger charge is -2.02. The van der Waals surface area contributed by atoms with Crippen LogP contribution in [-0.4, -0.2) is 19.7 Å². The first kappa shape index (κ1) is 15.2. The Morgan fingerprint density at radius 2 is 1.64 bits per heavy atom. The number of benzene rings is 1. The Morgan fingerprint density at radius 3 is 2.36 bits per heavy atom. The first-order valence-corrected chi connectivity index (χ1v) is 7.92. The van der Waals surface area contributed by atoms with Crippen molar-refractivity contribution >= 4 is 0 Å². The van der Waals surface area contributed by atoms with Crippen LogP contribution in [0.3, 0.4) is 0 Å². The second-order valence-corrected chi connectivity index (χ2v) is 5.69. The second kappa shape index (κ2) is 6.65. The van der Waals surface area contributed by atoms with Crippen LogP contribution in [0.2, 0.25) is 0 Å². The third-order valence-electron chi connectivity index (χ3n) is 3.94. The average Bonchev–Trinajstić information content (AvgIpc) is 3.08. The first-order valence-electron chi connectivity index (χ1n) is 7.92. The van der Waals surface area contributed by atoms with Gasteiger partial charge in [0.25, 0.3) is 0 Å². The number of aromatic nitrogens is 4. The third-order valence-corrected chi connectivity index (χ3v) is 3.94. The topological polar surface area (TPSA) is 43.6 Å². The van der Waals surface area contributed by atoms with Gasteiger partial charge in [-0.25, -0.2) is 4.39 Å². The van der Waals surface area contributed by atoms with E-state index in [1.54, 1.807) is 30.7 Å². The van der Waals surface area contributed by atoms with E-state index in [2.05, 4.69) is 9.97 Å². The van der Waals surface area contributed by atoms with E-state index < -0.39 is 0 Å². The SMILES string of the molecule is Fc1ccc(-c2nn(Cc3cccnc3)cc2-c2ccncc2)cc1. The van der Waals surface area contributed by atoms with Crippen LogP contribution in [0, 0.1) is 5.82 Å². The Morgan fingerprint density at radius 1 is 0.840 bits per heavy atom. The molecule has 0 amide bonds. The zero-order valence-corrected chi connectivity index (χ0v) is 13.4. The quantitative estimate of drug-likeness (QED) is 0.563. The van der Waals surface area contributed by atoms with Gasteiger partial charge in [-0.3, -0.25) is 14.6 Å². The van der Waals surface area contributed by atoms with Crippen LogP contribution < -0.4 is 0 Å². The van der Waals surface area contributed by atoms with E-state index in [1.807, 2.05) is 41.3 Å². The van der Waals surface area contributed by atoms with Crippen LogP contribution in [0.15, 0.2) is 79.5 Å². The van der Waals surface area contributed by atoms with Crippen LogP contribution in [0.1, 0.15) is 5.56 Å². The Balaban J connectivity index is 1.79. The predicted octanol–water partition coefficient (Wildman–Crippen LogP) is 4.19. The molecule has 0 bridgehead atoms. The summed E-state index contributed by atoms with van der Waals surface area (Å²) in [7, 11) is 0. The largest absolute Gasteiger partial charge is 0.267 e. The summed E-state index contributed by atoms with van der Waals surface area (Å²) in [5.74, 6) is -0.260. The van der Waals surface area contributed by atoms with Gasteiger partial charge in [0.1, 0.15) is 11.5 Å². The van der Waals surface area contributed by atoms with Gasteiger partial charge in [-0.2, -0.15) is 5.10 Å². The number of rotatable bonds is 4. The number of pyridine rings is 2. The van der Waals surface area contributed by atoms with Crippen molar-refractivity contribution in [1.82, 2.24) is 19.7 Å². The van der Waals surface area contributed by atoms with Crippen molar-refractivity contribution in [3.8, 4) is 22.4 Å². The normalized spacial score (nSPS) is 10.8. The molecule has 0 aliphatic rings. The summed E-state index contributed by atoms with van der Waals surface area (Å²) >= 11 is 0. The fraction of sp³-hybridized carbons (Fsp3) is 0.0500. The maximum absolute atomic E-state index is 13.3. The zero-order chi connectivity index (χ0) is 17.1. The number of hydrogen-bond acceptors (Lipinski definition) is 3. The van der Waals surface area contributed by atoms with Crippen molar-refractivity contribution in [2.45, 2.75) is 6.54 Å². The molecule has 4 aromatic rings. The number of nitrogens with zero attached hydrogens (tertiary/aromatic N) is 4. The molecule has 5 heteroatoms. The summed E-state index contributed by atoms with van der Waals surface area (Å²) < 4.78 is 15.2. The number of halogens is 1. The highest BCUT2D eigenvalue weighted by molar-refractivity contribution is 5.80. The second-order valence-electron chi connectivity index (χ2n) is 5.69. The highest BCUT2D eigenvalue weighted by atomic mass is 19.1. The van der Waals surface area contributed by atoms with E-state index >= 15 is 0 Å².